The molecule has 1 amide bonds. The van der Waals surface area contributed by atoms with Gasteiger partial charge < -0.3 is 4.74 Å². The molecule has 0 aromatic heterocycles. The topological polar surface area (TPSA) is 124 Å². The maximum absolute atomic E-state index is 12.6. The Labute approximate surface area is 137 Å². The summed E-state index contributed by atoms with van der Waals surface area (Å²) in [5.41, 5.74) is -0.296. The summed E-state index contributed by atoms with van der Waals surface area (Å²) in [6, 6.07) is 2.69. The lowest BCUT2D eigenvalue weighted by Gasteiger charge is -2.42. The van der Waals surface area contributed by atoms with Crippen LogP contribution in [0.2, 0.25) is 0 Å². The number of amides is 1. The number of nitro benzene ring substituents is 1. The molecule has 24 heavy (non-hydrogen) atoms. The van der Waals surface area contributed by atoms with Crippen LogP contribution < -0.4 is 0 Å². The Bertz CT molecular complexity index is 801. The van der Waals surface area contributed by atoms with Crippen LogP contribution in [0.25, 0.3) is 0 Å². The number of ether oxygens (including phenoxy) is 1. The largest absolute Gasteiger partial charge is 0.464 e. The van der Waals surface area contributed by atoms with Crippen molar-refractivity contribution in [3.63, 3.8) is 0 Å². The fourth-order valence-electron chi connectivity index (χ4n) is 2.30. The van der Waals surface area contributed by atoms with Crippen LogP contribution in [0.3, 0.4) is 0 Å². The zero-order chi connectivity index (χ0) is 18.1. The van der Waals surface area contributed by atoms with Crippen molar-refractivity contribution in [3.8, 4) is 0 Å². The first-order valence-electron chi connectivity index (χ1n) is 6.87. The zero-order valence-electron chi connectivity index (χ0n) is 12.6. The molecule has 1 saturated heterocycles. The number of esters is 1. The van der Waals surface area contributed by atoms with Crippen molar-refractivity contribution in [2.24, 2.45) is 5.92 Å². The van der Waals surface area contributed by atoms with E-state index in [9.17, 15) is 28.1 Å². The molecule has 128 valence electrons. The summed E-state index contributed by atoms with van der Waals surface area (Å²) in [5, 5.41) is 10.6. The summed E-state index contributed by atoms with van der Waals surface area (Å²) >= 11 is 0. The molecule has 0 unspecified atom stereocenters. The molecule has 10 heteroatoms. The van der Waals surface area contributed by atoms with Crippen LogP contribution in [0.4, 0.5) is 5.69 Å². The Morgan fingerprint density at radius 3 is 2.46 bits per heavy atom. The van der Waals surface area contributed by atoms with E-state index in [2.05, 4.69) is 6.58 Å². The number of sulfonamides is 1. The molecule has 1 aromatic carbocycles. The van der Waals surface area contributed by atoms with Gasteiger partial charge in [0.05, 0.1) is 22.3 Å². The second-order valence-electron chi connectivity index (χ2n) is 4.85. The molecule has 0 spiro atoms. The van der Waals surface area contributed by atoms with Gasteiger partial charge in [-0.2, -0.15) is 0 Å². The minimum atomic E-state index is -4.34. The molecule has 1 fully saturated rings. The molecule has 1 aliphatic heterocycles. The quantitative estimate of drug-likeness (QED) is 0.244. The van der Waals surface area contributed by atoms with Crippen LogP contribution in [0.1, 0.15) is 6.92 Å². The Balaban J connectivity index is 2.39. The van der Waals surface area contributed by atoms with Gasteiger partial charge in [0.1, 0.15) is 0 Å². The van der Waals surface area contributed by atoms with Crippen LogP contribution in [-0.4, -0.2) is 42.2 Å². The molecular formula is C14H14N2O7S. The molecular weight excluding hydrogens is 340 g/mol. The molecule has 0 N–H and O–H groups in total. The predicted molar refractivity (Wildman–Crippen MR) is 81.2 cm³/mol. The molecule has 2 rings (SSSR count). The minimum absolute atomic E-state index is 0.0266. The normalized spacial score (nSPS) is 20.2. The van der Waals surface area contributed by atoms with Crippen LogP contribution >= 0.6 is 0 Å². The highest BCUT2D eigenvalue weighted by Crippen LogP contribution is 2.35. The number of nitro groups is 1. The second-order valence-corrected chi connectivity index (χ2v) is 6.66. The van der Waals surface area contributed by atoms with Gasteiger partial charge in [0, 0.05) is 12.1 Å². The first-order valence-corrected chi connectivity index (χ1v) is 8.31. The molecule has 0 bridgehead atoms. The van der Waals surface area contributed by atoms with Gasteiger partial charge in [-0.05, 0) is 19.1 Å². The van der Waals surface area contributed by atoms with Crippen LogP contribution in [0.15, 0.2) is 41.8 Å². The number of rotatable bonds is 6. The number of nitrogens with zero attached hydrogens (tertiary/aromatic N) is 2. The highest BCUT2D eigenvalue weighted by molar-refractivity contribution is 7.89. The SMILES string of the molecule is C=C[C@@H]1C(=O)N(S(=O)(=O)c2ccc([N+](=O)[O-])cc2)[C@@H]1C(=O)OCC. The van der Waals surface area contributed by atoms with Crippen LogP contribution in [-0.2, 0) is 24.3 Å². The fraction of sp³-hybridized carbons (Fsp3) is 0.286. The number of carbonyl (C=O) groups excluding carboxylic acids is 2. The third kappa shape index (κ3) is 2.75. The fourth-order valence-corrected chi connectivity index (χ4v) is 3.89. The van der Waals surface area contributed by atoms with E-state index in [0.717, 1.165) is 24.3 Å². The van der Waals surface area contributed by atoms with Crippen molar-refractivity contribution in [1.82, 2.24) is 4.31 Å². The number of benzene rings is 1. The first kappa shape index (κ1) is 17.6. The molecule has 0 radical (unpaired) electrons. The lowest BCUT2D eigenvalue weighted by atomic mass is 9.91. The van der Waals surface area contributed by atoms with Crippen LogP contribution in [0, 0.1) is 16.0 Å². The monoisotopic (exact) mass is 354 g/mol. The lowest BCUT2D eigenvalue weighted by Crippen LogP contribution is -2.65. The molecule has 9 nitrogen and oxygen atoms in total. The Hall–Kier alpha value is -2.75. The molecule has 2 atom stereocenters. The summed E-state index contributed by atoms with van der Waals surface area (Å²) in [5.74, 6) is -2.65. The van der Waals surface area contributed by atoms with E-state index >= 15 is 0 Å². The maximum atomic E-state index is 12.6. The third-order valence-corrected chi connectivity index (χ3v) is 5.27. The summed E-state index contributed by atoms with van der Waals surface area (Å²) in [7, 11) is -4.34. The lowest BCUT2D eigenvalue weighted by molar-refractivity contribution is -0.384. The highest BCUT2D eigenvalue weighted by atomic mass is 32.2. The van der Waals surface area contributed by atoms with Gasteiger partial charge in [0.25, 0.3) is 15.7 Å². The maximum Gasteiger partial charge on any atom is 0.331 e. The van der Waals surface area contributed by atoms with E-state index in [0.29, 0.717) is 4.31 Å². The van der Waals surface area contributed by atoms with Crippen LogP contribution in [0.5, 0.6) is 0 Å². The minimum Gasteiger partial charge on any atom is -0.464 e. The van der Waals surface area contributed by atoms with Crippen molar-refractivity contribution in [3.05, 3.63) is 47.0 Å². The van der Waals surface area contributed by atoms with Gasteiger partial charge in [-0.3, -0.25) is 14.9 Å². The predicted octanol–water partition coefficient (Wildman–Crippen LogP) is 0.860. The van der Waals surface area contributed by atoms with E-state index in [4.69, 9.17) is 4.74 Å². The molecule has 0 aliphatic carbocycles. The summed E-state index contributed by atoms with van der Waals surface area (Å²) in [4.78, 5) is 33.6. The average Bonchev–Trinajstić information content (AvgIpc) is 2.52. The molecule has 1 heterocycles. The Morgan fingerprint density at radius 1 is 1.42 bits per heavy atom. The van der Waals surface area contributed by atoms with Crippen molar-refractivity contribution >= 4 is 27.6 Å². The van der Waals surface area contributed by atoms with Crippen molar-refractivity contribution < 1.29 is 27.7 Å². The Kier molecular flexibility index (Phi) is 4.69. The van der Waals surface area contributed by atoms with E-state index in [1.165, 1.54) is 6.08 Å². The van der Waals surface area contributed by atoms with Gasteiger partial charge >= 0.3 is 5.97 Å². The smallest absolute Gasteiger partial charge is 0.331 e. The molecule has 0 saturated carbocycles. The van der Waals surface area contributed by atoms with E-state index in [1.807, 2.05) is 0 Å². The van der Waals surface area contributed by atoms with Gasteiger partial charge in [0.15, 0.2) is 6.04 Å². The second kappa shape index (κ2) is 6.40. The summed E-state index contributed by atoms with van der Waals surface area (Å²) in [6.45, 7) is 5.00. The molecule has 1 aromatic rings. The van der Waals surface area contributed by atoms with E-state index < -0.39 is 38.8 Å². The summed E-state index contributed by atoms with van der Waals surface area (Å²) in [6.07, 6.45) is 1.19. The van der Waals surface area contributed by atoms with Gasteiger partial charge in [-0.25, -0.2) is 17.5 Å². The van der Waals surface area contributed by atoms with Gasteiger partial charge in [-0.15, -0.1) is 6.58 Å². The zero-order valence-corrected chi connectivity index (χ0v) is 13.4. The van der Waals surface area contributed by atoms with Gasteiger partial charge in [-0.1, -0.05) is 6.08 Å². The van der Waals surface area contributed by atoms with Crippen molar-refractivity contribution in [2.75, 3.05) is 6.61 Å². The first-order chi connectivity index (χ1) is 11.3. The van der Waals surface area contributed by atoms with Crippen molar-refractivity contribution in [2.45, 2.75) is 17.9 Å². The number of β-lactam (4-membered cyclic amide) rings is 1. The Morgan fingerprint density at radius 2 is 2.00 bits per heavy atom. The van der Waals surface area contributed by atoms with Gasteiger partial charge in [0.2, 0.25) is 5.91 Å². The summed E-state index contributed by atoms with van der Waals surface area (Å²) < 4.78 is 30.4. The third-order valence-electron chi connectivity index (χ3n) is 3.48. The average molecular weight is 354 g/mol. The highest BCUT2D eigenvalue weighted by Gasteiger charge is 2.56. The number of carbonyl (C=O) groups is 2. The van der Waals surface area contributed by atoms with Crippen molar-refractivity contribution in [1.29, 1.82) is 0 Å². The standard InChI is InChI=1S/C14H14N2O7S/c1-3-11-12(14(18)23-4-2)15(13(11)17)24(21,22)10-7-5-9(6-8-10)16(19)20/h3,5-8,11-12H,1,4H2,2H3/t11-,12-/m0/s1. The number of hydrogen-bond acceptors (Lipinski definition) is 7. The number of non-ortho nitro benzene ring substituents is 1. The molecule has 1 aliphatic rings. The van der Waals surface area contributed by atoms with E-state index in [1.54, 1.807) is 6.92 Å². The number of hydrogen-bond donors (Lipinski definition) is 0. The van der Waals surface area contributed by atoms with E-state index in [-0.39, 0.29) is 17.2 Å².